The summed E-state index contributed by atoms with van der Waals surface area (Å²) in [5.41, 5.74) is 0.678. The Hall–Kier alpha value is -2.25. The zero-order chi connectivity index (χ0) is 18.8. The van der Waals surface area contributed by atoms with Gasteiger partial charge in [-0.2, -0.15) is 0 Å². The number of thioether (sulfide) groups is 1. The molecule has 3 aromatic rings. The van der Waals surface area contributed by atoms with E-state index >= 15 is 0 Å². The molecule has 8 heteroatoms. The fourth-order valence-corrected chi connectivity index (χ4v) is 3.63. The largest absolute Gasteiger partial charge is 0.464 e. The van der Waals surface area contributed by atoms with Gasteiger partial charge in [-0.25, -0.2) is 0 Å². The maximum atomic E-state index is 12.7. The molecule has 0 unspecified atom stereocenters. The third kappa shape index (κ3) is 4.36. The van der Waals surface area contributed by atoms with Crippen molar-refractivity contribution >= 4 is 29.3 Å². The van der Waals surface area contributed by atoms with Crippen molar-refractivity contribution in [2.24, 2.45) is 0 Å². The van der Waals surface area contributed by atoms with Crippen LogP contribution in [0.25, 0.3) is 11.5 Å². The van der Waals surface area contributed by atoms with E-state index in [1.54, 1.807) is 6.07 Å². The predicted octanol–water partition coefficient (Wildman–Crippen LogP) is 4.57. The van der Waals surface area contributed by atoms with Crippen molar-refractivity contribution in [1.29, 1.82) is 0 Å². The van der Waals surface area contributed by atoms with Crippen molar-refractivity contribution in [3.8, 4) is 11.5 Å². The number of halogens is 1. The number of hydrogen-bond acceptors (Lipinski definition) is 6. The van der Waals surface area contributed by atoms with Gasteiger partial charge in [-0.3, -0.25) is 4.79 Å². The van der Waals surface area contributed by atoms with Crippen molar-refractivity contribution in [2.75, 3.05) is 5.75 Å². The van der Waals surface area contributed by atoms with Crippen LogP contribution in [0.4, 0.5) is 0 Å². The number of rotatable bonds is 7. The van der Waals surface area contributed by atoms with Crippen LogP contribution in [0.2, 0.25) is 5.02 Å². The number of aromatic nitrogens is 2. The fourth-order valence-electron chi connectivity index (χ4n) is 2.76. The number of amides is 1. The Balaban J connectivity index is 1.39. The van der Waals surface area contributed by atoms with Gasteiger partial charge >= 0.3 is 0 Å². The van der Waals surface area contributed by atoms with Gasteiger partial charge in [-0.1, -0.05) is 35.5 Å². The Morgan fingerprint density at radius 2 is 2.04 bits per heavy atom. The molecule has 0 radical (unpaired) electrons. The maximum Gasteiger partial charge on any atom is 0.277 e. The van der Waals surface area contributed by atoms with Crippen molar-refractivity contribution in [3.05, 3.63) is 52.9 Å². The van der Waals surface area contributed by atoms with Crippen LogP contribution in [0.5, 0.6) is 0 Å². The summed E-state index contributed by atoms with van der Waals surface area (Å²) >= 11 is 7.39. The molecule has 0 bridgehead atoms. The van der Waals surface area contributed by atoms with Crippen LogP contribution in [0.3, 0.4) is 0 Å². The van der Waals surface area contributed by atoms with Crippen molar-refractivity contribution in [2.45, 2.75) is 37.6 Å². The minimum Gasteiger partial charge on any atom is -0.464 e. The molecule has 2 heterocycles. The first kappa shape index (κ1) is 18.1. The standard InChI is InChI=1S/C19H18ClN3O3S/c1-12-6-9-14(25-12)10-23(13-7-8-13)17(24)11-27-19-22-21-18(26-19)15-4-2-3-5-16(15)20/h2-6,9,13H,7-8,10-11H2,1H3. The van der Waals surface area contributed by atoms with Gasteiger partial charge in [0, 0.05) is 6.04 Å². The van der Waals surface area contributed by atoms with Gasteiger partial charge in [0.25, 0.3) is 5.22 Å². The number of carbonyl (C=O) groups is 1. The van der Waals surface area contributed by atoms with E-state index in [-0.39, 0.29) is 11.7 Å². The third-order valence-electron chi connectivity index (χ3n) is 4.26. The Bertz CT molecular complexity index is 951. The molecular formula is C19H18ClN3O3S. The molecule has 6 nitrogen and oxygen atoms in total. The van der Waals surface area contributed by atoms with Crippen molar-refractivity contribution in [3.63, 3.8) is 0 Å². The summed E-state index contributed by atoms with van der Waals surface area (Å²) in [6.07, 6.45) is 2.07. The van der Waals surface area contributed by atoms with Gasteiger partial charge in [-0.05, 0) is 44.0 Å². The molecule has 1 amide bonds. The lowest BCUT2D eigenvalue weighted by Crippen LogP contribution is -2.33. The molecule has 0 spiro atoms. The lowest BCUT2D eigenvalue weighted by Gasteiger charge is -2.20. The van der Waals surface area contributed by atoms with Crippen LogP contribution in [0.1, 0.15) is 24.4 Å². The van der Waals surface area contributed by atoms with Gasteiger partial charge in [0.1, 0.15) is 11.5 Å². The normalized spacial score (nSPS) is 13.7. The van der Waals surface area contributed by atoms with E-state index in [4.69, 9.17) is 20.4 Å². The van der Waals surface area contributed by atoms with E-state index in [2.05, 4.69) is 10.2 Å². The predicted molar refractivity (Wildman–Crippen MR) is 102 cm³/mol. The summed E-state index contributed by atoms with van der Waals surface area (Å²) < 4.78 is 11.3. The average Bonchev–Trinajstić information content (AvgIpc) is 3.25. The molecule has 0 atom stereocenters. The molecule has 1 fully saturated rings. The summed E-state index contributed by atoms with van der Waals surface area (Å²) in [6.45, 7) is 2.39. The van der Waals surface area contributed by atoms with Gasteiger partial charge in [-0.15, -0.1) is 10.2 Å². The molecule has 0 aliphatic heterocycles. The van der Waals surface area contributed by atoms with Crippen LogP contribution in [-0.4, -0.2) is 32.8 Å². The third-order valence-corrected chi connectivity index (χ3v) is 5.39. The van der Waals surface area contributed by atoms with E-state index in [9.17, 15) is 4.79 Å². The molecule has 1 saturated carbocycles. The molecule has 1 aliphatic carbocycles. The Kier molecular flexibility index (Phi) is 5.22. The van der Waals surface area contributed by atoms with E-state index in [1.165, 1.54) is 11.8 Å². The summed E-state index contributed by atoms with van der Waals surface area (Å²) in [5.74, 6) is 2.27. The average molecular weight is 404 g/mol. The lowest BCUT2D eigenvalue weighted by molar-refractivity contribution is -0.129. The number of nitrogens with zero attached hydrogens (tertiary/aromatic N) is 3. The monoisotopic (exact) mass is 403 g/mol. The quantitative estimate of drug-likeness (QED) is 0.538. The van der Waals surface area contributed by atoms with Crippen molar-refractivity contribution < 1.29 is 13.6 Å². The van der Waals surface area contributed by atoms with Crippen LogP contribution in [-0.2, 0) is 11.3 Å². The number of benzene rings is 1. The first-order valence-electron chi connectivity index (χ1n) is 8.66. The fraction of sp³-hybridized carbons (Fsp3) is 0.316. The molecule has 27 heavy (non-hydrogen) atoms. The van der Waals surface area contributed by atoms with E-state index in [0.717, 1.165) is 24.4 Å². The zero-order valence-electron chi connectivity index (χ0n) is 14.7. The van der Waals surface area contributed by atoms with Gasteiger partial charge < -0.3 is 13.7 Å². The summed E-state index contributed by atoms with van der Waals surface area (Å²) in [4.78, 5) is 14.6. The van der Waals surface area contributed by atoms with Crippen LogP contribution >= 0.6 is 23.4 Å². The van der Waals surface area contributed by atoms with E-state index in [1.807, 2.05) is 42.2 Å². The highest BCUT2D eigenvalue weighted by molar-refractivity contribution is 7.99. The second kappa shape index (κ2) is 7.78. The number of furan rings is 1. The molecule has 1 aliphatic rings. The Morgan fingerprint density at radius 3 is 2.74 bits per heavy atom. The van der Waals surface area contributed by atoms with Gasteiger partial charge in [0.2, 0.25) is 11.8 Å². The number of carbonyl (C=O) groups excluding carboxylic acids is 1. The molecule has 140 valence electrons. The Morgan fingerprint density at radius 1 is 1.22 bits per heavy atom. The smallest absolute Gasteiger partial charge is 0.277 e. The SMILES string of the molecule is Cc1ccc(CN(C(=O)CSc2nnc(-c3ccccc3Cl)o2)C2CC2)o1. The van der Waals surface area contributed by atoms with Crippen LogP contribution in [0.15, 0.2) is 50.5 Å². The minimum atomic E-state index is 0.0362. The summed E-state index contributed by atoms with van der Waals surface area (Å²) in [5, 5.41) is 8.93. The molecular weight excluding hydrogens is 386 g/mol. The molecule has 2 aromatic heterocycles. The summed E-state index contributed by atoms with van der Waals surface area (Å²) in [7, 11) is 0. The topological polar surface area (TPSA) is 72.4 Å². The van der Waals surface area contributed by atoms with E-state index < -0.39 is 0 Å². The van der Waals surface area contributed by atoms with E-state index in [0.29, 0.717) is 34.3 Å². The highest BCUT2D eigenvalue weighted by atomic mass is 35.5. The first-order valence-corrected chi connectivity index (χ1v) is 10.0. The van der Waals surface area contributed by atoms with Gasteiger partial charge in [0.05, 0.1) is 22.9 Å². The highest BCUT2D eigenvalue weighted by Crippen LogP contribution is 2.31. The number of aryl methyl sites for hydroxylation is 1. The molecule has 4 rings (SSSR count). The Labute approximate surface area is 165 Å². The molecule has 1 aromatic carbocycles. The second-order valence-electron chi connectivity index (χ2n) is 6.41. The van der Waals surface area contributed by atoms with Crippen LogP contribution < -0.4 is 0 Å². The first-order chi connectivity index (χ1) is 13.1. The summed E-state index contributed by atoms with van der Waals surface area (Å²) in [6, 6.07) is 11.4. The van der Waals surface area contributed by atoms with Crippen molar-refractivity contribution in [1.82, 2.24) is 15.1 Å². The molecule has 0 N–H and O–H groups in total. The molecule has 0 saturated heterocycles. The highest BCUT2D eigenvalue weighted by Gasteiger charge is 2.33. The zero-order valence-corrected chi connectivity index (χ0v) is 16.3. The van der Waals surface area contributed by atoms with Crippen LogP contribution in [0, 0.1) is 6.92 Å². The minimum absolute atomic E-state index is 0.0362. The lowest BCUT2D eigenvalue weighted by atomic mass is 10.2. The second-order valence-corrected chi connectivity index (χ2v) is 7.74. The number of hydrogen-bond donors (Lipinski definition) is 0. The maximum absolute atomic E-state index is 12.7. The van der Waals surface area contributed by atoms with Gasteiger partial charge in [0.15, 0.2) is 0 Å².